The van der Waals surface area contributed by atoms with Gasteiger partial charge in [0.2, 0.25) is 5.95 Å². The Bertz CT molecular complexity index is 1490. The number of aromatic carboxylic acids is 1. The minimum atomic E-state index is -1.49. The number of anilines is 2. The molecule has 2 aromatic carbocycles. The number of thiazole rings is 1. The van der Waals surface area contributed by atoms with E-state index in [-0.39, 0.29) is 11.5 Å². The third-order valence-corrected chi connectivity index (χ3v) is 8.30. The second-order valence-corrected chi connectivity index (χ2v) is 10.6. The molecule has 10 nitrogen and oxygen atoms in total. The van der Waals surface area contributed by atoms with E-state index < -0.39 is 29.8 Å². The van der Waals surface area contributed by atoms with Crippen molar-refractivity contribution in [2.75, 3.05) is 10.6 Å². The van der Waals surface area contributed by atoms with Crippen LogP contribution in [-0.4, -0.2) is 65.2 Å². The number of hydrogen-bond acceptors (Lipinski definition) is 10. The molecule has 0 spiro atoms. The lowest BCUT2D eigenvalue weighted by Crippen LogP contribution is -2.42. The molecule has 2 heterocycles. The summed E-state index contributed by atoms with van der Waals surface area (Å²) in [5.41, 5.74) is 1.67. The molecule has 0 aliphatic heterocycles. The number of carbonyl (C=O) groups is 1. The fraction of sp³-hybridized carbons (Fsp3) is 0.308. The van der Waals surface area contributed by atoms with Gasteiger partial charge in [0.15, 0.2) is 0 Å². The molecule has 5 atom stereocenters. The fourth-order valence-corrected chi connectivity index (χ4v) is 6.25. The standard InChI is InChI=1S/C26H25N5O5S/c1-12-19(23-30-16-7-2-3-8-18(16)37-23)22(29-17-10-15-20(32)26(15,36)21(17)33)31-25(28-12)27-11-13-5-4-6-14(9-13)24(34)35/h2-9,15,17,20-21,32-33,36H,10-11H2,1H3,(H,34,35)(H2,27,28,29,31). The van der Waals surface area contributed by atoms with E-state index in [1.165, 1.54) is 17.4 Å². The number of nitrogens with one attached hydrogen (secondary N) is 2. The molecule has 2 fully saturated rings. The van der Waals surface area contributed by atoms with Gasteiger partial charge in [0, 0.05) is 12.5 Å². The lowest BCUT2D eigenvalue weighted by Gasteiger charge is -2.25. The first kappa shape index (κ1) is 23.7. The number of carboxylic acids is 1. The third kappa shape index (κ3) is 4.00. The summed E-state index contributed by atoms with van der Waals surface area (Å²) in [7, 11) is 0. The highest BCUT2D eigenvalue weighted by molar-refractivity contribution is 7.21. The molecule has 5 unspecified atom stereocenters. The molecule has 11 heteroatoms. The summed E-state index contributed by atoms with van der Waals surface area (Å²) in [6.07, 6.45) is -1.68. The van der Waals surface area contributed by atoms with E-state index in [2.05, 4.69) is 15.6 Å². The molecule has 0 amide bonds. The maximum absolute atomic E-state index is 11.3. The minimum Gasteiger partial charge on any atom is -0.478 e. The van der Waals surface area contributed by atoms with Crippen molar-refractivity contribution in [1.29, 1.82) is 0 Å². The van der Waals surface area contributed by atoms with Gasteiger partial charge in [-0.2, -0.15) is 4.98 Å². The number of aliphatic hydroxyl groups excluding tert-OH is 2. The zero-order chi connectivity index (χ0) is 25.9. The first-order chi connectivity index (χ1) is 17.8. The summed E-state index contributed by atoms with van der Waals surface area (Å²) in [4.78, 5) is 25.4. The quantitative estimate of drug-likeness (QED) is 0.214. The smallest absolute Gasteiger partial charge is 0.335 e. The van der Waals surface area contributed by atoms with Gasteiger partial charge >= 0.3 is 5.97 Å². The van der Waals surface area contributed by atoms with Gasteiger partial charge in [0.25, 0.3) is 0 Å². The first-order valence-corrected chi connectivity index (χ1v) is 12.7. The lowest BCUT2D eigenvalue weighted by molar-refractivity contribution is -0.0262. The van der Waals surface area contributed by atoms with Crippen molar-refractivity contribution >= 4 is 39.3 Å². The summed E-state index contributed by atoms with van der Waals surface area (Å²) in [5, 5.41) is 47.7. The van der Waals surface area contributed by atoms with E-state index in [4.69, 9.17) is 9.97 Å². The number of aryl methyl sites for hydroxylation is 1. The van der Waals surface area contributed by atoms with Gasteiger partial charge in [0.05, 0.1) is 39.2 Å². The third-order valence-electron chi connectivity index (χ3n) is 7.25. The van der Waals surface area contributed by atoms with E-state index in [1.807, 2.05) is 37.3 Å². The summed E-state index contributed by atoms with van der Waals surface area (Å²) >= 11 is 1.51. The molecule has 0 radical (unpaired) electrons. The number of fused-ring (bicyclic) bond motifs is 2. The fourth-order valence-electron chi connectivity index (χ4n) is 5.18. The number of benzene rings is 2. The average molecular weight is 520 g/mol. The van der Waals surface area contributed by atoms with Crippen LogP contribution in [0.5, 0.6) is 0 Å². The van der Waals surface area contributed by atoms with E-state index in [1.54, 1.807) is 12.1 Å². The Morgan fingerprint density at radius 2 is 1.92 bits per heavy atom. The molecule has 2 aromatic heterocycles. The van der Waals surface area contributed by atoms with Crippen molar-refractivity contribution < 1.29 is 25.2 Å². The zero-order valence-electron chi connectivity index (χ0n) is 19.8. The number of carboxylic acid groups (broad SMARTS) is 1. The van der Waals surface area contributed by atoms with Crippen molar-refractivity contribution in [2.45, 2.75) is 43.7 Å². The van der Waals surface area contributed by atoms with Crippen LogP contribution >= 0.6 is 11.3 Å². The molecule has 0 saturated heterocycles. The molecule has 2 aliphatic carbocycles. The number of para-hydroxylation sites is 1. The highest BCUT2D eigenvalue weighted by Crippen LogP contribution is 2.56. The summed E-state index contributed by atoms with van der Waals surface area (Å²) < 4.78 is 1.02. The van der Waals surface area contributed by atoms with Crippen molar-refractivity contribution in [1.82, 2.24) is 15.0 Å². The summed E-state index contributed by atoms with van der Waals surface area (Å²) in [5.74, 6) is -0.604. The molecular weight excluding hydrogens is 494 g/mol. The highest BCUT2D eigenvalue weighted by atomic mass is 32.1. The van der Waals surface area contributed by atoms with Crippen molar-refractivity contribution in [2.24, 2.45) is 5.92 Å². The first-order valence-electron chi connectivity index (χ1n) is 11.9. The number of rotatable bonds is 7. The molecule has 37 heavy (non-hydrogen) atoms. The van der Waals surface area contributed by atoms with Gasteiger partial charge in [-0.1, -0.05) is 24.3 Å². The van der Waals surface area contributed by atoms with Gasteiger partial charge < -0.3 is 31.1 Å². The van der Waals surface area contributed by atoms with Gasteiger partial charge in [-0.25, -0.2) is 14.8 Å². The Kier molecular flexibility index (Phi) is 5.60. The Hall–Kier alpha value is -3.64. The number of nitrogens with zero attached hydrogens (tertiary/aromatic N) is 3. The largest absolute Gasteiger partial charge is 0.478 e. The Balaban J connectivity index is 1.34. The van der Waals surface area contributed by atoms with Gasteiger partial charge in [0.1, 0.15) is 22.5 Å². The minimum absolute atomic E-state index is 0.193. The van der Waals surface area contributed by atoms with Crippen LogP contribution in [0.3, 0.4) is 0 Å². The van der Waals surface area contributed by atoms with Crippen LogP contribution in [0.15, 0.2) is 48.5 Å². The molecule has 2 aliphatic rings. The van der Waals surface area contributed by atoms with E-state index in [0.717, 1.165) is 20.8 Å². The summed E-state index contributed by atoms with van der Waals surface area (Å²) in [6, 6.07) is 13.9. The Labute approximate surface area is 215 Å². The molecule has 6 rings (SSSR count). The van der Waals surface area contributed by atoms with E-state index >= 15 is 0 Å². The van der Waals surface area contributed by atoms with Crippen LogP contribution in [0.4, 0.5) is 11.8 Å². The normalized spacial score (nSPS) is 26.2. The van der Waals surface area contributed by atoms with Crippen LogP contribution in [0.1, 0.15) is 28.0 Å². The topological polar surface area (TPSA) is 161 Å². The molecule has 4 aromatic rings. The molecule has 2 saturated carbocycles. The van der Waals surface area contributed by atoms with Crippen LogP contribution < -0.4 is 10.6 Å². The van der Waals surface area contributed by atoms with Crippen LogP contribution in [0, 0.1) is 12.8 Å². The lowest BCUT2D eigenvalue weighted by atomic mass is 10.1. The van der Waals surface area contributed by atoms with E-state index in [9.17, 15) is 25.2 Å². The van der Waals surface area contributed by atoms with Crippen LogP contribution in [-0.2, 0) is 6.54 Å². The van der Waals surface area contributed by atoms with Gasteiger partial charge in [-0.15, -0.1) is 11.3 Å². The van der Waals surface area contributed by atoms with Crippen molar-refractivity contribution in [3.8, 4) is 10.6 Å². The SMILES string of the molecule is Cc1nc(NCc2cccc(C(=O)O)c2)nc(NC2CC3C(O)C3(O)C2O)c1-c1nc2ccccc2s1. The average Bonchev–Trinajstić information content (AvgIpc) is 3.15. The predicted octanol–water partition coefficient (Wildman–Crippen LogP) is 2.64. The van der Waals surface area contributed by atoms with Crippen molar-refractivity contribution in [3.05, 3.63) is 65.4 Å². The number of hydrogen-bond donors (Lipinski definition) is 6. The molecular formula is C26H25N5O5S. The van der Waals surface area contributed by atoms with Gasteiger partial charge in [-0.3, -0.25) is 0 Å². The Morgan fingerprint density at radius 1 is 1.11 bits per heavy atom. The summed E-state index contributed by atoms with van der Waals surface area (Å²) in [6.45, 7) is 2.16. The molecule has 0 bridgehead atoms. The number of aliphatic hydroxyl groups is 3. The second kappa shape index (κ2) is 8.73. The van der Waals surface area contributed by atoms with Gasteiger partial charge in [-0.05, 0) is 43.2 Å². The maximum atomic E-state index is 11.3. The second-order valence-electron chi connectivity index (χ2n) is 9.57. The monoisotopic (exact) mass is 519 g/mol. The van der Waals surface area contributed by atoms with E-state index in [0.29, 0.717) is 36.0 Å². The predicted molar refractivity (Wildman–Crippen MR) is 139 cm³/mol. The molecule has 190 valence electrons. The maximum Gasteiger partial charge on any atom is 0.335 e. The zero-order valence-corrected chi connectivity index (χ0v) is 20.6. The van der Waals surface area contributed by atoms with Crippen molar-refractivity contribution in [3.63, 3.8) is 0 Å². The highest BCUT2D eigenvalue weighted by Gasteiger charge is 2.74. The Morgan fingerprint density at radius 3 is 2.65 bits per heavy atom. The van der Waals surface area contributed by atoms with Crippen LogP contribution in [0.25, 0.3) is 20.8 Å². The molecule has 6 N–H and O–H groups in total. The number of aromatic nitrogens is 3. The van der Waals surface area contributed by atoms with Crippen LogP contribution in [0.2, 0.25) is 0 Å².